The lowest BCUT2D eigenvalue weighted by atomic mass is 9.96. The lowest BCUT2D eigenvalue weighted by molar-refractivity contribution is -0.134. The third kappa shape index (κ3) is 3.98. The zero-order valence-electron chi connectivity index (χ0n) is 14.6. The topological polar surface area (TPSA) is 52.7 Å². The highest BCUT2D eigenvalue weighted by molar-refractivity contribution is 7.10. The molecule has 0 aliphatic carbocycles. The van der Waals surface area contributed by atoms with Crippen molar-refractivity contribution in [3.8, 4) is 0 Å². The van der Waals surface area contributed by atoms with Gasteiger partial charge in [-0.1, -0.05) is 0 Å². The van der Waals surface area contributed by atoms with Crippen molar-refractivity contribution in [2.75, 3.05) is 26.2 Å². The molecule has 3 rings (SSSR count). The average Bonchev–Trinajstić information content (AvgIpc) is 3.07. The number of piperidine rings is 1. The molecule has 2 amide bonds. The Morgan fingerprint density at radius 2 is 2.08 bits per heavy atom. The highest BCUT2D eigenvalue weighted by Gasteiger charge is 2.27. The van der Waals surface area contributed by atoms with E-state index in [1.165, 1.54) is 10.4 Å². The summed E-state index contributed by atoms with van der Waals surface area (Å²) in [4.78, 5) is 29.5. The van der Waals surface area contributed by atoms with Crippen molar-refractivity contribution in [1.29, 1.82) is 0 Å². The Kier molecular flexibility index (Phi) is 5.56. The summed E-state index contributed by atoms with van der Waals surface area (Å²) >= 11 is 1.85. The number of amides is 2. The van der Waals surface area contributed by atoms with Crippen LogP contribution in [0.2, 0.25) is 0 Å². The molecule has 0 aromatic carbocycles. The molecule has 0 saturated carbocycles. The monoisotopic (exact) mass is 349 g/mol. The largest absolute Gasteiger partial charge is 0.354 e. The summed E-state index contributed by atoms with van der Waals surface area (Å²) < 4.78 is 0. The Balaban J connectivity index is 1.42. The minimum Gasteiger partial charge on any atom is -0.354 e. The zero-order valence-corrected chi connectivity index (χ0v) is 15.4. The van der Waals surface area contributed by atoms with Crippen LogP contribution in [0.3, 0.4) is 0 Å². The molecule has 24 heavy (non-hydrogen) atoms. The molecule has 1 aromatic rings. The maximum Gasteiger partial charge on any atom is 0.223 e. The lowest BCUT2D eigenvalue weighted by Crippen LogP contribution is -2.47. The number of fused-ring (bicyclic) bond motifs is 1. The number of rotatable bonds is 4. The van der Waals surface area contributed by atoms with Gasteiger partial charge >= 0.3 is 0 Å². The molecule has 132 valence electrons. The molecule has 2 aliphatic rings. The number of hydrogen-bond acceptors (Lipinski definition) is 4. The van der Waals surface area contributed by atoms with Crippen LogP contribution in [0.1, 0.15) is 37.1 Å². The van der Waals surface area contributed by atoms with Crippen molar-refractivity contribution in [1.82, 2.24) is 15.1 Å². The van der Waals surface area contributed by atoms with E-state index in [1.807, 2.05) is 16.2 Å². The van der Waals surface area contributed by atoms with Crippen LogP contribution in [0.5, 0.6) is 0 Å². The second-order valence-corrected chi connectivity index (χ2v) is 7.96. The van der Waals surface area contributed by atoms with Gasteiger partial charge in [0.2, 0.25) is 11.8 Å². The third-order valence-corrected chi connectivity index (χ3v) is 6.37. The standard InChI is InChI=1S/C18H27N3O2S/c1-13(21-9-5-17-16(12-21)6-10-24-17)11-19-18(23)15-3-7-20(8-4-15)14(2)22/h6,10,13,15H,3-5,7-9,11-12H2,1-2H3,(H,19,23)/t13-/m0/s1. The van der Waals surface area contributed by atoms with Crippen molar-refractivity contribution >= 4 is 23.2 Å². The first-order valence-corrected chi connectivity index (χ1v) is 9.75. The first kappa shape index (κ1) is 17.4. The van der Waals surface area contributed by atoms with E-state index in [1.54, 1.807) is 6.92 Å². The molecule has 5 nitrogen and oxygen atoms in total. The van der Waals surface area contributed by atoms with Gasteiger partial charge in [0.1, 0.15) is 0 Å². The van der Waals surface area contributed by atoms with Crippen LogP contribution in [0.4, 0.5) is 0 Å². The fourth-order valence-corrected chi connectivity index (χ4v) is 4.51. The van der Waals surface area contributed by atoms with Crippen LogP contribution < -0.4 is 5.32 Å². The fourth-order valence-electron chi connectivity index (χ4n) is 3.62. The maximum atomic E-state index is 12.4. The molecule has 0 spiro atoms. The number of nitrogens with zero attached hydrogens (tertiary/aromatic N) is 2. The van der Waals surface area contributed by atoms with Crippen LogP contribution in [0.15, 0.2) is 11.4 Å². The minimum atomic E-state index is 0.0534. The van der Waals surface area contributed by atoms with Crippen LogP contribution in [0, 0.1) is 5.92 Å². The van der Waals surface area contributed by atoms with Crippen molar-refractivity contribution < 1.29 is 9.59 Å². The van der Waals surface area contributed by atoms with Gasteiger partial charge in [0.15, 0.2) is 0 Å². The Morgan fingerprint density at radius 1 is 1.33 bits per heavy atom. The smallest absolute Gasteiger partial charge is 0.223 e. The van der Waals surface area contributed by atoms with E-state index >= 15 is 0 Å². The normalized spacial score (nSPS) is 20.5. The van der Waals surface area contributed by atoms with E-state index in [0.717, 1.165) is 32.4 Å². The Hall–Kier alpha value is -1.40. The number of likely N-dealkylation sites (tertiary alicyclic amines) is 1. The molecular weight excluding hydrogens is 322 g/mol. The lowest BCUT2D eigenvalue weighted by Gasteiger charge is -2.34. The molecule has 1 N–H and O–H groups in total. The van der Waals surface area contributed by atoms with Gasteiger partial charge in [-0.2, -0.15) is 0 Å². The quantitative estimate of drug-likeness (QED) is 0.903. The van der Waals surface area contributed by atoms with E-state index in [0.29, 0.717) is 25.7 Å². The first-order chi connectivity index (χ1) is 11.5. The molecule has 3 heterocycles. The highest BCUT2D eigenvalue weighted by Crippen LogP contribution is 2.25. The maximum absolute atomic E-state index is 12.4. The molecular formula is C18H27N3O2S. The molecule has 0 bridgehead atoms. The predicted octanol–water partition coefficient (Wildman–Crippen LogP) is 1.87. The van der Waals surface area contributed by atoms with Gasteiger partial charge in [-0.3, -0.25) is 14.5 Å². The van der Waals surface area contributed by atoms with Gasteiger partial charge in [0.25, 0.3) is 0 Å². The van der Waals surface area contributed by atoms with E-state index < -0.39 is 0 Å². The minimum absolute atomic E-state index is 0.0534. The van der Waals surface area contributed by atoms with E-state index in [-0.39, 0.29) is 17.7 Å². The number of hydrogen-bond donors (Lipinski definition) is 1. The van der Waals surface area contributed by atoms with Crippen LogP contribution >= 0.6 is 11.3 Å². The Morgan fingerprint density at radius 3 is 2.79 bits per heavy atom. The summed E-state index contributed by atoms with van der Waals surface area (Å²) in [6, 6.07) is 2.57. The second kappa shape index (κ2) is 7.66. The van der Waals surface area contributed by atoms with Gasteiger partial charge in [-0.15, -0.1) is 11.3 Å². The fraction of sp³-hybridized carbons (Fsp3) is 0.667. The number of carbonyl (C=O) groups excluding carboxylic acids is 2. The van der Waals surface area contributed by atoms with Gasteiger partial charge in [-0.25, -0.2) is 0 Å². The molecule has 0 unspecified atom stereocenters. The Labute approximate surface area is 148 Å². The summed E-state index contributed by atoms with van der Waals surface area (Å²) in [5.41, 5.74) is 1.45. The van der Waals surface area contributed by atoms with Crippen LogP contribution in [-0.2, 0) is 22.6 Å². The molecule has 1 fully saturated rings. The zero-order chi connectivity index (χ0) is 17.1. The van der Waals surface area contributed by atoms with Gasteiger partial charge < -0.3 is 10.2 Å². The SMILES string of the molecule is CC(=O)N1CCC(C(=O)NC[C@H](C)N2CCc3sccc3C2)CC1. The summed E-state index contributed by atoms with van der Waals surface area (Å²) in [6.45, 7) is 7.96. The number of carbonyl (C=O) groups is 2. The summed E-state index contributed by atoms with van der Waals surface area (Å²) in [5, 5.41) is 5.30. The summed E-state index contributed by atoms with van der Waals surface area (Å²) in [7, 11) is 0. The molecule has 0 radical (unpaired) electrons. The first-order valence-electron chi connectivity index (χ1n) is 8.87. The predicted molar refractivity (Wildman–Crippen MR) is 95.9 cm³/mol. The van der Waals surface area contributed by atoms with Crippen molar-refractivity contribution in [2.45, 2.75) is 45.7 Å². The summed E-state index contributed by atoms with van der Waals surface area (Å²) in [5.74, 6) is 0.316. The molecule has 6 heteroatoms. The molecule has 2 aliphatic heterocycles. The van der Waals surface area contributed by atoms with Gasteiger partial charge in [0, 0.05) is 56.5 Å². The number of nitrogens with one attached hydrogen (secondary N) is 1. The van der Waals surface area contributed by atoms with Crippen molar-refractivity contribution in [3.05, 3.63) is 21.9 Å². The van der Waals surface area contributed by atoms with Crippen LogP contribution in [-0.4, -0.2) is 53.8 Å². The van der Waals surface area contributed by atoms with E-state index in [9.17, 15) is 9.59 Å². The van der Waals surface area contributed by atoms with E-state index in [4.69, 9.17) is 0 Å². The van der Waals surface area contributed by atoms with Crippen LogP contribution in [0.25, 0.3) is 0 Å². The third-order valence-electron chi connectivity index (χ3n) is 5.34. The second-order valence-electron chi connectivity index (χ2n) is 6.96. The van der Waals surface area contributed by atoms with Crippen molar-refractivity contribution in [3.63, 3.8) is 0 Å². The Bertz CT molecular complexity index is 593. The number of thiophene rings is 1. The van der Waals surface area contributed by atoms with Gasteiger partial charge in [-0.05, 0) is 43.2 Å². The molecule has 1 atom stereocenters. The summed E-state index contributed by atoms with van der Waals surface area (Å²) in [6.07, 6.45) is 2.68. The van der Waals surface area contributed by atoms with E-state index in [2.05, 4.69) is 28.6 Å². The molecule has 1 saturated heterocycles. The molecule has 1 aromatic heterocycles. The highest BCUT2D eigenvalue weighted by atomic mass is 32.1. The van der Waals surface area contributed by atoms with Gasteiger partial charge in [0.05, 0.1) is 0 Å². The van der Waals surface area contributed by atoms with Crippen molar-refractivity contribution in [2.24, 2.45) is 5.92 Å². The average molecular weight is 350 g/mol.